The van der Waals surface area contributed by atoms with E-state index in [1.807, 2.05) is 37.4 Å². The average Bonchev–Trinajstić information content (AvgIpc) is 3.37. The van der Waals surface area contributed by atoms with Gasteiger partial charge in [0.2, 0.25) is 0 Å². The van der Waals surface area contributed by atoms with Gasteiger partial charge in [0, 0.05) is 32.4 Å². The van der Waals surface area contributed by atoms with Crippen molar-refractivity contribution < 1.29 is 9.21 Å². The van der Waals surface area contributed by atoms with Gasteiger partial charge in [-0.1, -0.05) is 18.2 Å². The van der Waals surface area contributed by atoms with Gasteiger partial charge in [0.25, 0.3) is 0 Å². The Morgan fingerprint density at radius 3 is 2.62 bits per heavy atom. The van der Waals surface area contributed by atoms with Crippen LogP contribution in [0.1, 0.15) is 24.6 Å². The Labute approximate surface area is 155 Å². The van der Waals surface area contributed by atoms with Gasteiger partial charge in [0.1, 0.15) is 5.76 Å². The van der Waals surface area contributed by atoms with E-state index in [0.717, 1.165) is 31.1 Å². The molecule has 1 aliphatic rings. The second-order valence-electron chi connectivity index (χ2n) is 6.67. The van der Waals surface area contributed by atoms with Crippen molar-refractivity contribution in [3.63, 3.8) is 0 Å². The monoisotopic (exact) mass is 356 g/mol. The molecule has 2 N–H and O–H groups in total. The smallest absolute Gasteiger partial charge is 0.314 e. The van der Waals surface area contributed by atoms with Crippen LogP contribution in [0.4, 0.5) is 10.5 Å². The predicted octanol–water partition coefficient (Wildman–Crippen LogP) is 2.85. The molecule has 0 saturated carbocycles. The zero-order chi connectivity index (χ0) is 18.2. The Morgan fingerprint density at radius 2 is 1.92 bits per heavy atom. The zero-order valence-electron chi connectivity index (χ0n) is 15.4. The fourth-order valence-electron chi connectivity index (χ4n) is 3.34. The first-order chi connectivity index (χ1) is 12.7. The molecule has 0 aliphatic carbocycles. The van der Waals surface area contributed by atoms with E-state index in [-0.39, 0.29) is 12.1 Å². The van der Waals surface area contributed by atoms with Crippen molar-refractivity contribution >= 4 is 11.7 Å². The number of para-hydroxylation sites is 1. The number of urea groups is 1. The van der Waals surface area contributed by atoms with Crippen LogP contribution >= 0.6 is 0 Å². The minimum absolute atomic E-state index is 0.102. The maximum atomic E-state index is 12.2. The van der Waals surface area contributed by atoms with Gasteiger partial charge in [0.05, 0.1) is 12.3 Å². The number of anilines is 1. The first kappa shape index (κ1) is 18.3. The van der Waals surface area contributed by atoms with Crippen LogP contribution in [0.2, 0.25) is 0 Å². The van der Waals surface area contributed by atoms with Crippen LogP contribution in [0.15, 0.2) is 53.1 Å². The number of nitrogens with zero attached hydrogens (tertiary/aromatic N) is 2. The number of amides is 2. The standard InChI is InChI=1S/C20H28N4O2/c1-23(17-8-3-2-4-9-17)14-11-21-20(25)22-16-18(19-10-7-15-26-19)24-12-5-6-13-24/h2-4,7-10,15,18H,5-6,11-14,16H2,1H3,(H2,21,22,25). The average molecular weight is 356 g/mol. The van der Waals surface area contributed by atoms with Crippen molar-refractivity contribution in [2.24, 2.45) is 0 Å². The fraction of sp³-hybridized carbons (Fsp3) is 0.450. The van der Waals surface area contributed by atoms with Gasteiger partial charge in [-0.2, -0.15) is 0 Å². The molecule has 1 aromatic heterocycles. The topological polar surface area (TPSA) is 60.8 Å². The van der Waals surface area contributed by atoms with Crippen molar-refractivity contribution in [2.75, 3.05) is 44.7 Å². The van der Waals surface area contributed by atoms with Gasteiger partial charge in [-0.25, -0.2) is 4.79 Å². The highest BCUT2D eigenvalue weighted by Gasteiger charge is 2.25. The molecule has 1 aromatic carbocycles. The molecule has 3 rings (SSSR count). The van der Waals surface area contributed by atoms with Gasteiger partial charge in [0.15, 0.2) is 0 Å². The molecular weight excluding hydrogens is 328 g/mol. The number of carbonyl (C=O) groups is 1. The molecule has 26 heavy (non-hydrogen) atoms. The number of rotatable bonds is 8. The Bertz CT molecular complexity index is 654. The van der Waals surface area contributed by atoms with E-state index in [4.69, 9.17) is 4.42 Å². The molecule has 2 aromatic rings. The van der Waals surface area contributed by atoms with Gasteiger partial charge >= 0.3 is 6.03 Å². The molecule has 0 spiro atoms. The van der Waals surface area contributed by atoms with Crippen LogP contribution in [0.5, 0.6) is 0 Å². The maximum absolute atomic E-state index is 12.2. The van der Waals surface area contributed by atoms with E-state index in [0.29, 0.717) is 13.1 Å². The van der Waals surface area contributed by atoms with Crippen LogP contribution < -0.4 is 15.5 Å². The van der Waals surface area contributed by atoms with E-state index < -0.39 is 0 Å². The summed E-state index contributed by atoms with van der Waals surface area (Å²) in [6, 6.07) is 14.0. The number of likely N-dealkylation sites (N-methyl/N-ethyl adjacent to an activating group) is 1. The van der Waals surface area contributed by atoms with Crippen molar-refractivity contribution in [1.82, 2.24) is 15.5 Å². The highest BCUT2D eigenvalue weighted by atomic mass is 16.3. The van der Waals surface area contributed by atoms with Crippen LogP contribution in [-0.4, -0.2) is 50.7 Å². The molecule has 1 fully saturated rings. The summed E-state index contributed by atoms with van der Waals surface area (Å²) in [7, 11) is 2.02. The van der Waals surface area contributed by atoms with Crippen LogP contribution in [0, 0.1) is 0 Å². The summed E-state index contributed by atoms with van der Waals surface area (Å²) < 4.78 is 5.58. The molecule has 2 amide bonds. The third-order valence-electron chi connectivity index (χ3n) is 4.84. The van der Waals surface area contributed by atoms with Crippen molar-refractivity contribution in [2.45, 2.75) is 18.9 Å². The lowest BCUT2D eigenvalue weighted by Crippen LogP contribution is -2.43. The predicted molar refractivity (Wildman–Crippen MR) is 103 cm³/mol. The molecular formula is C20H28N4O2. The summed E-state index contributed by atoms with van der Waals surface area (Å²) in [5, 5.41) is 5.92. The molecule has 2 heterocycles. The van der Waals surface area contributed by atoms with Crippen molar-refractivity contribution in [3.8, 4) is 0 Å². The van der Waals surface area contributed by atoms with E-state index in [1.54, 1.807) is 6.26 Å². The number of nitrogens with one attached hydrogen (secondary N) is 2. The lowest BCUT2D eigenvalue weighted by atomic mass is 10.2. The molecule has 0 bridgehead atoms. The summed E-state index contributed by atoms with van der Waals surface area (Å²) in [6.45, 7) is 4.00. The van der Waals surface area contributed by atoms with Crippen molar-refractivity contribution in [1.29, 1.82) is 0 Å². The first-order valence-electron chi connectivity index (χ1n) is 9.29. The zero-order valence-corrected chi connectivity index (χ0v) is 15.4. The normalized spacial score (nSPS) is 15.6. The summed E-state index contributed by atoms with van der Waals surface area (Å²) in [6.07, 6.45) is 4.10. The number of hydrogen-bond acceptors (Lipinski definition) is 4. The minimum atomic E-state index is -0.137. The fourth-order valence-corrected chi connectivity index (χ4v) is 3.34. The molecule has 1 aliphatic heterocycles. The third-order valence-corrected chi connectivity index (χ3v) is 4.84. The Balaban J connectivity index is 1.42. The lowest BCUT2D eigenvalue weighted by Gasteiger charge is -2.26. The number of carbonyl (C=O) groups excluding carboxylic acids is 1. The maximum Gasteiger partial charge on any atom is 0.314 e. The highest BCUT2D eigenvalue weighted by molar-refractivity contribution is 5.73. The van der Waals surface area contributed by atoms with Crippen LogP contribution in [-0.2, 0) is 0 Å². The van der Waals surface area contributed by atoms with Gasteiger partial charge < -0.3 is 20.0 Å². The summed E-state index contributed by atoms with van der Waals surface area (Å²) in [4.78, 5) is 16.7. The number of likely N-dealkylation sites (tertiary alicyclic amines) is 1. The molecule has 1 atom stereocenters. The summed E-state index contributed by atoms with van der Waals surface area (Å²) in [5.41, 5.74) is 1.14. The van der Waals surface area contributed by atoms with E-state index >= 15 is 0 Å². The number of benzene rings is 1. The molecule has 6 nitrogen and oxygen atoms in total. The first-order valence-corrected chi connectivity index (χ1v) is 9.29. The highest BCUT2D eigenvalue weighted by Crippen LogP contribution is 2.24. The van der Waals surface area contributed by atoms with Crippen molar-refractivity contribution in [3.05, 3.63) is 54.5 Å². The second kappa shape index (κ2) is 9.29. The third kappa shape index (κ3) is 5.02. The van der Waals surface area contributed by atoms with E-state index in [2.05, 4.69) is 32.6 Å². The van der Waals surface area contributed by atoms with E-state index in [1.165, 1.54) is 12.8 Å². The second-order valence-corrected chi connectivity index (χ2v) is 6.67. The number of furan rings is 1. The number of hydrogen-bond donors (Lipinski definition) is 2. The molecule has 1 saturated heterocycles. The lowest BCUT2D eigenvalue weighted by molar-refractivity contribution is 0.203. The Hall–Kier alpha value is -2.47. The minimum Gasteiger partial charge on any atom is -0.468 e. The van der Waals surface area contributed by atoms with Gasteiger partial charge in [-0.05, 0) is 50.2 Å². The molecule has 0 radical (unpaired) electrons. The largest absolute Gasteiger partial charge is 0.468 e. The summed E-state index contributed by atoms with van der Waals surface area (Å²) in [5.74, 6) is 0.913. The van der Waals surface area contributed by atoms with Gasteiger partial charge in [-0.15, -0.1) is 0 Å². The molecule has 6 heteroatoms. The van der Waals surface area contributed by atoms with E-state index in [9.17, 15) is 4.79 Å². The Morgan fingerprint density at radius 1 is 1.15 bits per heavy atom. The summed E-state index contributed by atoms with van der Waals surface area (Å²) >= 11 is 0. The van der Waals surface area contributed by atoms with Gasteiger partial charge in [-0.3, -0.25) is 4.90 Å². The SMILES string of the molecule is CN(CCNC(=O)NCC(c1ccco1)N1CCCC1)c1ccccc1. The Kier molecular flexibility index (Phi) is 6.55. The molecule has 1 unspecified atom stereocenters. The molecule has 140 valence electrons. The quantitative estimate of drug-likeness (QED) is 0.764. The van der Waals surface area contributed by atoms with Crippen LogP contribution in [0.25, 0.3) is 0 Å². The van der Waals surface area contributed by atoms with Crippen LogP contribution in [0.3, 0.4) is 0 Å².